The molecular weight excluding hydrogens is 238 g/mol. The summed E-state index contributed by atoms with van der Waals surface area (Å²) >= 11 is 1.84. The van der Waals surface area contributed by atoms with Crippen LogP contribution in [0.15, 0.2) is 10.5 Å². The van der Waals surface area contributed by atoms with E-state index >= 15 is 0 Å². The predicted octanol–water partition coefficient (Wildman–Crippen LogP) is 2.52. The summed E-state index contributed by atoms with van der Waals surface area (Å²) in [6.45, 7) is 5.41. The van der Waals surface area contributed by atoms with Gasteiger partial charge in [-0.2, -0.15) is 11.8 Å². The van der Waals surface area contributed by atoms with Crippen molar-refractivity contribution < 1.29 is 14.3 Å². The molecule has 5 heteroatoms. The van der Waals surface area contributed by atoms with Gasteiger partial charge in [-0.1, -0.05) is 6.92 Å². The fourth-order valence-electron chi connectivity index (χ4n) is 1.48. The van der Waals surface area contributed by atoms with Crippen molar-refractivity contribution in [1.29, 1.82) is 0 Å². The summed E-state index contributed by atoms with van der Waals surface area (Å²) in [6.07, 6.45) is 3.19. The summed E-state index contributed by atoms with van der Waals surface area (Å²) in [6, 6.07) is 1.77. The molecule has 0 saturated heterocycles. The minimum Gasteiger partial charge on any atom is -0.475 e. The Morgan fingerprint density at radius 2 is 2.35 bits per heavy atom. The van der Waals surface area contributed by atoms with Crippen LogP contribution in [0.5, 0.6) is 0 Å². The number of nitrogens with one attached hydrogen (secondary N) is 1. The van der Waals surface area contributed by atoms with E-state index in [4.69, 9.17) is 9.52 Å². The first-order valence-electron chi connectivity index (χ1n) is 5.60. The lowest BCUT2D eigenvalue weighted by atomic mass is 10.2. The second-order valence-corrected chi connectivity index (χ2v) is 5.32. The van der Waals surface area contributed by atoms with Gasteiger partial charge in [0.15, 0.2) is 0 Å². The van der Waals surface area contributed by atoms with Gasteiger partial charge in [0.2, 0.25) is 5.76 Å². The smallest absolute Gasteiger partial charge is 0.372 e. The number of carbonyl (C=O) groups is 1. The number of hydrogen-bond donors (Lipinski definition) is 2. The van der Waals surface area contributed by atoms with Crippen LogP contribution in [0.25, 0.3) is 0 Å². The molecule has 0 aromatic carbocycles. The predicted molar refractivity (Wildman–Crippen MR) is 69.7 cm³/mol. The Morgan fingerprint density at radius 1 is 1.65 bits per heavy atom. The van der Waals surface area contributed by atoms with E-state index in [-0.39, 0.29) is 5.76 Å². The number of carboxylic acids is 1. The van der Waals surface area contributed by atoms with Crippen LogP contribution in [0.3, 0.4) is 0 Å². The SMILES string of the molecule is CSC(C)CCNCc1cc(C)c(C(=O)O)o1. The van der Waals surface area contributed by atoms with Crippen LogP contribution in [-0.4, -0.2) is 29.1 Å². The average Bonchev–Trinajstić information content (AvgIpc) is 2.65. The highest BCUT2D eigenvalue weighted by molar-refractivity contribution is 7.99. The van der Waals surface area contributed by atoms with Crippen molar-refractivity contribution in [2.45, 2.75) is 32.1 Å². The largest absolute Gasteiger partial charge is 0.475 e. The lowest BCUT2D eigenvalue weighted by Crippen LogP contribution is -2.17. The molecule has 17 heavy (non-hydrogen) atoms. The maximum Gasteiger partial charge on any atom is 0.372 e. The van der Waals surface area contributed by atoms with Crippen molar-refractivity contribution in [3.8, 4) is 0 Å². The van der Waals surface area contributed by atoms with E-state index in [2.05, 4.69) is 18.5 Å². The zero-order valence-electron chi connectivity index (χ0n) is 10.4. The van der Waals surface area contributed by atoms with Crippen LogP contribution in [0.2, 0.25) is 0 Å². The summed E-state index contributed by atoms with van der Waals surface area (Å²) in [7, 11) is 0. The van der Waals surface area contributed by atoms with Gasteiger partial charge in [-0.05, 0) is 32.2 Å². The fraction of sp³-hybridized carbons (Fsp3) is 0.583. The Balaban J connectivity index is 2.37. The minimum atomic E-state index is -1.01. The van der Waals surface area contributed by atoms with Crippen LogP contribution in [0.1, 0.15) is 35.2 Å². The highest BCUT2D eigenvalue weighted by Crippen LogP contribution is 2.14. The Bertz CT molecular complexity index is 376. The summed E-state index contributed by atoms with van der Waals surface area (Å²) in [4.78, 5) is 10.8. The quantitative estimate of drug-likeness (QED) is 0.735. The molecule has 96 valence electrons. The molecule has 0 fully saturated rings. The highest BCUT2D eigenvalue weighted by Gasteiger charge is 2.13. The van der Waals surface area contributed by atoms with E-state index in [9.17, 15) is 4.79 Å². The van der Waals surface area contributed by atoms with E-state index in [0.29, 0.717) is 23.1 Å². The molecule has 4 nitrogen and oxygen atoms in total. The van der Waals surface area contributed by atoms with E-state index in [1.807, 2.05) is 11.8 Å². The number of carboxylic acid groups (broad SMARTS) is 1. The third kappa shape index (κ3) is 4.44. The van der Waals surface area contributed by atoms with Crippen molar-refractivity contribution in [2.75, 3.05) is 12.8 Å². The summed E-state index contributed by atoms with van der Waals surface area (Å²) in [5.74, 6) is -0.291. The molecule has 1 rings (SSSR count). The summed E-state index contributed by atoms with van der Waals surface area (Å²) in [5, 5.41) is 12.7. The first-order valence-corrected chi connectivity index (χ1v) is 6.89. The monoisotopic (exact) mass is 257 g/mol. The first-order chi connectivity index (χ1) is 8.04. The van der Waals surface area contributed by atoms with Gasteiger partial charge >= 0.3 is 5.97 Å². The van der Waals surface area contributed by atoms with Gasteiger partial charge in [0.25, 0.3) is 0 Å². The van der Waals surface area contributed by atoms with Gasteiger partial charge < -0.3 is 14.8 Å². The molecule has 0 saturated carbocycles. The van der Waals surface area contributed by atoms with Gasteiger partial charge in [-0.15, -0.1) is 0 Å². The molecule has 1 aromatic rings. The normalized spacial score (nSPS) is 12.6. The first kappa shape index (κ1) is 14.1. The molecule has 0 bridgehead atoms. The van der Waals surface area contributed by atoms with E-state index < -0.39 is 5.97 Å². The number of furan rings is 1. The Labute approximate surface area is 106 Å². The second kappa shape index (κ2) is 6.71. The molecular formula is C12H19NO3S. The van der Waals surface area contributed by atoms with Gasteiger partial charge in [0.05, 0.1) is 6.54 Å². The average molecular weight is 257 g/mol. The van der Waals surface area contributed by atoms with Crippen LogP contribution in [0.4, 0.5) is 0 Å². The number of aromatic carboxylic acids is 1. The molecule has 0 aliphatic carbocycles. The van der Waals surface area contributed by atoms with Crippen molar-refractivity contribution in [3.63, 3.8) is 0 Å². The van der Waals surface area contributed by atoms with Crippen LogP contribution in [-0.2, 0) is 6.54 Å². The Morgan fingerprint density at radius 3 is 2.88 bits per heavy atom. The van der Waals surface area contributed by atoms with E-state index in [1.54, 1.807) is 13.0 Å². The molecule has 0 spiro atoms. The molecule has 1 aromatic heterocycles. The van der Waals surface area contributed by atoms with Crippen molar-refractivity contribution >= 4 is 17.7 Å². The van der Waals surface area contributed by atoms with Crippen molar-refractivity contribution in [1.82, 2.24) is 5.32 Å². The van der Waals surface area contributed by atoms with Crippen molar-refractivity contribution in [2.24, 2.45) is 0 Å². The maximum absolute atomic E-state index is 10.8. The third-order valence-corrected chi connectivity index (χ3v) is 3.63. The van der Waals surface area contributed by atoms with Gasteiger partial charge in [-0.25, -0.2) is 4.79 Å². The van der Waals surface area contributed by atoms with Crippen molar-refractivity contribution in [3.05, 3.63) is 23.2 Å². The van der Waals surface area contributed by atoms with Crippen LogP contribution < -0.4 is 5.32 Å². The zero-order chi connectivity index (χ0) is 12.8. The third-order valence-electron chi connectivity index (χ3n) is 2.59. The van der Waals surface area contributed by atoms with E-state index in [1.165, 1.54) is 0 Å². The van der Waals surface area contributed by atoms with Gasteiger partial charge in [-0.3, -0.25) is 0 Å². The lowest BCUT2D eigenvalue weighted by molar-refractivity contribution is 0.0659. The molecule has 2 N–H and O–H groups in total. The zero-order valence-corrected chi connectivity index (χ0v) is 11.3. The Hall–Kier alpha value is -0.940. The summed E-state index contributed by atoms with van der Waals surface area (Å²) < 4.78 is 5.24. The fourth-order valence-corrected chi connectivity index (χ4v) is 1.84. The number of thioether (sulfide) groups is 1. The molecule has 0 aliphatic rings. The van der Waals surface area contributed by atoms with E-state index in [0.717, 1.165) is 13.0 Å². The van der Waals surface area contributed by atoms with Crippen LogP contribution >= 0.6 is 11.8 Å². The molecule has 1 unspecified atom stereocenters. The second-order valence-electron chi connectivity index (χ2n) is 4.04. The number of hydrogen-bond acceptors (Lipinski definition) is 4. The molecule has 0 radical (unpaired) electrons. The number of aryl methyl sites for hydroxylation is 1. The van der Waals surface area contributed by atoms with Crippen LogP contribution in [0, 0.1) is 6.92 Å². The molecule has 0 aliphatic heterocycles. The lowest BCUT2D eigenvalue weighted by Gasteiger charge is -2.07. The van der Waals surface area contributed by atoms with Gasteiger partial charge in [0, 0.05) is 10.8 Å². The summed E-state index contributed by atoms with van der Waals surface area (Å²) in [5.41, 5.74) is 0.673. The highest BCUT2D eigenvalue weighted by atomic mass is 32.2. The maximum atomic E-state index is 10.8. The molecule has 0 amide bonds. The topological polar surface area (TPSA) is 62.5 Å². The van der Waals surface area contributed by atoms with Gasteiger partial charge in [0.1, 0.15) is 5.76 Å². The number of rotatable bonds is 7. The minimum absolute atomic E-state index is 0.0410. The standard InChI is InChI=1S/C12H19NO3S/c1-8-6-10(16-11(8)12(14)15)7-13-5-4-9(2)17-3/h6,9,13H,4-5,7H2,1-3H3,(H,14,15). The molecule has 1 heterocycles. The molecule has 1 atom stereocenters. The Kier molecular flexibility index (Phi) is 5.58.